The number of carbonyl (C=O) groups excluding carboxylic acids is 3. The number of anilines is 2. The van der Waals surface area contributed by atoms with Crippen molar-refractivity contribution in [2.75, 3.05) is 24.4 Å². The zero-order valence-electron chi connectivity index (χ0n) is 15.4. The van der Waals surface area contributed by atoms with E-state index in [1.54, 1.807) is 37.4 Å². The predicted molar refractivity (Wildman–Crippen MR) is 100 cm³/mol. The molecule has 0 unspecified atom stereocenters. The van der Waals surface area contributed by atoms with E-state index in [2.05, 4.69) is 5.32 Å². The molecule has 0 saturated carbocycles. The molecule has 0 spiro atoms. The second-order valence-electron chi connectivity index (χ2n) is 6.15. The minimum Gasteiger partial charge on any atom is -0.493 e. The van der Waals surface area contributed by atoms with Gasteiger partial charge in [-0.2, -0.15) is 0 Å². The van der Waals surface area contributed by atoms with Crippen LogP contribution in [0.5, 0.6) is 11.5 Å². The van der Waals surface area contributed by atoms with Gasteiger partial charge in [-0.3, -0.25) is 19.3 Å². The smallest absolute Gasteiger partial charge is 0.255 e. The summed E-state index contributed by atoms with van der Waals surface area (Å²) in [5, 5.41) is 2.83. The molecule has 140 valence electrons. The first-order valence-corrected chi connectivity index (χ1v) is 8.44. The normalized spacial score (nSPS) is 13.7. The lowest BCUT2D eigenvalue weighted by Crippen LogP contribution is -2.28. The fraction of sp³-hybridized carbons (Fsp3) is 0.250. The van der Waals surface area contributed by atoms with Crippen LogP contribution >= 0.6 is 0 Å². The van der Waals surface area contributed by atoms with E-state index < -0.39 is 0 Å². The number of nitrogens with zero attached hydrogens (tertiary/aromatic N) is 1. The van der Waals surface area contributed by atoms with Crippen molar-refractivity contribution in [1.29, 1.82) is 0 Å². The largest absolute Gasteiger partial charge is 0.493 e. The van der Waals surface area contributed by atoms with Crippen molar-refractivity contribution in [1.82, 2.24) is 0 Å². The summed E-state index contributed by atoms with van der Waals surface area (Å²) in [6.45, 7) is 1.84. The van der Waals surface area contributed by atoms with Crippen LogP contribution in [0.4, 0.5) is 11.4 Å². The van der Waals surface area contributed by atoms with Gasteiger partial charge in [0.05, 0.1) is 19.9 Å². The van der Waals surface area contributed by atoms with Gasteiger partial charge in [0.25, 0.3) is 5.91 Å². The van der Waals surface area contributed by atoms with E-state index in [9.17, 15) is 14.4 Å². The molecular weight excluding hydrogens is 348 g/mol. The van der Waals surface area contributed by atoms with Crippen molar-refractivity contribution in [2.24, 2.45) is 0 Å². The van der Waals surface area contributed by atoms with Crippen LogP contribution in [0.1, 0.15) is 28.8 Å². The molecule has 3 rings (SSSR count). The van der Waals surface area contributed by atoms with Crippen LogP contribution in [0.3, 0.4) is 0 Å². The number of aryl methyl sites for hydroxylation is 1. The molecule has 7 nitrogen and oxygen atoms in total. The summed E-state index contributed by atoms with van der Waals surface area (Å²) in [5.41, 5.74) is 2.13. The first-order chi connectivity index (χ1) is 12.9. The third-order valence-corrected chi connectivity index (χ3v) is 4.40. The van der Waals surface area contributed by atoms with Gasteiger partial charge in [0, 0.05) is 30.2 Å². The average Bonchev–Trinajstić information content (AvgIpc) is 3.01. The number of nitrogens with one attached hydrogen (secondary N) is 1. The van der Waals surface area contributed by atoms with E-state index in [1.807, 2.05) is 6.92 Å². The summed E-state index contributed by atoms with van der Waals surface area (Å²) in [7, 11) is 3.06. The molecule has 2 aromatic carbocycles. The Morgan fingerprint density at radius 2 is 1.63 bits per heavy atom. The molecule has 0 atom stereocenters. The standard InChI is InChI=1S/C20H20N2O5/c1-12-9-16(26-2)17(27-3)11-15(12)21-20(25)13-5-4-6-14(10-13)22-18(23)7-8-19(22)24/h4-6,9-11H,7-8H2,1-3H3,(H,21,25). The lowest BCUT2D eigenvalue weighted by molar-refractivity contribution is -0.121. The van der Waals surface area contributed by atoms with Crippen LogP contribution < -0.4 is 19.7 Å². The number of methoxy groups -OCH3 is 2. The number of carbonyl (C=O) groups is 3. The van der Waals surface area contributed by atoms with Gasteiger partial charge in [-0.15, -0.1) is 0 Å². The third-order valence-electron chi connectivity index (χ3n) is 4.40. The van der Waals surface area contributed by atoms with E-state index in [-0.39, 0.29) is 30.6 Å². The molecule has 27 heavy (non-hydrogen) atoms. The maximum atomic E-state index is 12.7. The van der Waals surface area contributed by atoms with Crippen molar-refractivity contribution < 1.29 is 23.9 Å². The Balaban J connectivity index is 1.86. The zero-order chi connectivity index (χ0) is 19.6. The quantitative estimate of drug-likeness (QED) is 0.820. The third kappa shape index (κ3) is 3.62. The summed E-state index contributed by atoms with van der Waals surface area (Å²) in [5.74, 6) is 0.203. The molecule has 1 heterocycles. The molecule has 0 radical (unpaired) electrons. The number of hydrogen-bond acceptors (Lipinski definition) is 5. The molecule has 0 bridgehead atoms. The van der Waals surface area contributed by atoms with Crippen molar-refractivity contribution in [3.8, 4) is 11.5 Å². The van der Waals surface area contributed by atoms with E-state index in [4.69, 9.17) is 9.47 Å². The van der Waals surface area contributed by atoms with E-state index in [0.717, 1.165) is 10.5 Å². The summed E-state index contributed by atoms with van der Waals surface area (Å²) in [6, 6.07) is 9.90. The Bertz CT molecular complexity index is 907. The van der Waals surface area contributed by atoms with Gasteiger partial charge >= 0.3 is 0 Å². The maximum absolute atomic E-state index is 12.7. The fourth-order valence-electron chi connectivity index (χ4n) is 2.96. The molecule has 1 saturated heterocycles. The monoisotopic (exact) mass is 368 g/mol. The highest BCUT2D eigenvalue weighted by Crippen LogP contribution is 2.33. The molecule has 1 fully saturated rings. The minimum absolute atomic E-state index is 0.195. The first kappa shape index (κ1) is 18.4. The Hall–Kier alpha value is -3.35. The Morgan fingerprint density at radius 1 is 1.00 bits per heavy atom. The predicted octanol–water partition coefficient (Wildman–Crippen LogP) is 2.92. The van der Waals surface area contributed by atoms with Crippen LogP contribution in [0.15, 0.2) is 36.4 Å². The van der Waals surface area contributed by atoms with Crippen LogP contribution in [0.2, 0.25) is 0 Å². The number of amides is 3. The fourth-order valence-corrected chi connectivity index (χ4v) is 2.96. The highest BCUT2D eigenvalue weighted by atomic mass is 16.5. The molecule has 0 aromatic heterocycles. The van der Waals surface area contributed by atoms with Crippen molar-refractivity contribution in [3.63, 3.8) is 0 Å². The number of imide groups is 1. The lowest BCUT2D eigenvalue weighted by atomic mass is 10.1. The zero-order valence-corrected chi connectivity index (χ0v) is 15.4. The van der Waals surface area contributed by atoms with Gasteiger partial charge < -0.3 is 14.8 Å². The van der Waals surface area contributed by atoms with Gasteiger partial charge in [0.15, 0.2) is 11.5 Å². The Morgan fingerprint density at radius 3 is 2.26 bits per heavy atom. The van der Waals surface area contributed by atoms with Gasteiger partial charge in [-0.05, 0) is 36.8 Å². The first-order valence-electron chi connectivity index (χ1n) is 8.44. The van der Waals surface area contributed by atoms with Crippen LogP contribution in [0, 0.1) is 6.92 Å². The molecule has 2 aromatic rings. The van der Waals surface area contributed by atoms with Gasteiger partial charge in [-0.1, -0.05) is 6.07 Å². The second kappa shape index (κ2) is 7.49. The molecule has 1 N–H and O–H groups in total. The van der Waals surface area contributed by atoms with Crippen LogP contribution in [-0.4, -0.2) is 31.9 Å². The highest BCUT2D eigenvalue weighted by molar-refractivity contribution is 6.20. The molecular formula is C20H20N2O5. The summed E-state index contributed by atoms with van der Waals surface area (Å²) >= 11 is 0. The summed E-state index contributed by atoms with van der Waals surface area (Å²) in [6.07, 6.45) is 0.389. The topological polar surface area (TPSA) is 84.9 Å². The number of hydrogen-bond donors (Lipinski definition) is 1. The Kier molecular flexibility index (Phi) is 5.12. The van der Waals surface area contributed by atoms with E-state index in [1.165, 1.54) is 13.2 Å². The SMILES string of the molecule is COc1cc(C)c(NC(=O)c2cccc(N3C(=O)CCC3=O)c2)cc1OC. The maximum Gasteiger partial charge on any atom is 0.255 e. The summed E-state index contributed by atoms with van der Waals surface area (Å²) in [4.78, 5) is 37.6. The van der Waals surface area contributed by atoms with Gasteiger partial charge in [0.1, 0.15) is 0 Å². The lowest BCUT2D eigenvalue weighted by Gasteiger charge is -2.16. The van der Waals surface area contributed by atoms with Crippen molar-refractivity contribution in [3.05, 3.63) is 47.5 Å². The van der Waals surface area contributed by atoms with Gasteiger partial charge in [-0.25, -0.2) is 0 Å². The molecule has 7 heteroatoms. The number of ether oxygens (including phenoxy) is 2. The summed E-state index contributed by atoms with van der Waals surface area (Å²) < 4.78 is 10.5. The second-order valence-corrected chi connectivity index (χ2v) is 6.15. The minimum atomic E-state index is -0.355. The van der Waals surface area contributed by atoms with Crippen LogP contribution in [0.25, 0.3) is 0 Å². The molecule has 1 aliphatic heterocycles. The van der Waals surface area contributed by atoms with E-state index >= 15 is 0 Å². The molecule has 0 aliphatic carbocycles. The van der Waals surface area contributed by atoms with E-state index in [0.29, 0.717) is 28.4 Å². The molecule has 3 amide bonds. The van der Waals surface area contributed by atoms with Gasteiger partial charge in [0.2, 0.25) is 11.8 Å². The number of benzene rings is 2. The van der Waals surface area contributed by atoms with Crippen molar-refractivity contribution >= 4 is 29.1 Å². The highest BCUT2D eigenvalue weighted by Gasteiger charge is 2.30. The molecule has 1 aliphatic rings. The average molecular weight is 368 g/mol. The number of rotatable bonds is 5. The van der Waals surface area contributed by atoms with Crippen LogP contribution in [-0.2, 0) is 9.59 Å². The Labute approximate surface area is 156 Å². The van der Waals surface area contributed by atoms with Crippen molar-refractivity contribution in [2.45, 2.75) is 19.8 Å².